The molecule has 2 aromatic carbocycles. The summed E-state index contributed by atoms with van der Waals surface area (Å²) in [6.07, 6.45) is -4.68. The number of nitrogens with one attached hydrogen (secondary N) is 1. The van der Waals surface area contributed by atoms with Gasteiger partial charge in [0, 0.05) is 16.0 Å². The van der Waals surface area contributed by atoms with Crippen molar-refractivity contribution in [1.29, 1.82) is 0 Å². The molecule has 0 radical (unpaired) electrons. The summed E-state index contributed by atoms with van der Waals surface area (Å²) in [5, 5.41) is 5.97. The predicted octanol–water partition coefficient (Wildman–Crippen LogP) is 1.67. The average Bonchev–Trinajstić information content (AvgIpc) is 3.07. The van der Waals surface area contributed by atoms with E-state index in [0.29, 0.717) is 11.3 Å². The Labute approximate surface area is 187 Å². The van der Waals surface area contributed by atoms with Crippen LogP contribution in [0.25, 0.3) is 22.4 Å². The van der Waals surface area contributed by atoms with Crippen molar-refractivity contribution in [2.24, 2.45) is 0 Å². The zero-order valence-corrected chi connectivity index (χ0v) is 18.2. The van der Waals surface area contributed by atoms with Gasteiger partial charge >= 0.3 is 35.7 Å². The smallest absolute Gasteiger partial charge is 0.768 e. The van der Waals surface area contributed by atoms with Gasteiger partial charge in [-0.2, -0.15) is 18.3 Å². The molecule has 3 aromatic rings. The molecule has 1 atom stereocenters. The van der Waals surface area contributed by atoms with Gasteiger partial charge < -0.3 is 9.29 Å². The quantitative estimate of drug-likeness (QED) is 0.496. The summed E-state index contributed by atoms with van der Waals surface area (Å²) >= 11 is 3.62. The van der Waals surface area contributed by atoms with Crippen molar-refractivity contribution in [1.82, 2.24) is 10.2 Å². The summed E-state index contributed by atoms with van der Waals surface area (Å²) in [6, 6.07) is 9.58. The minimum atomic E-state index is -4.68. The molecule has 3 rings (SSSR count). The van der Waals surface area contributed by atoms with Crippen LogP contribution in [0.2, 0.25) is 5.02 Å². The third-order valence-electron chi connectivity index (χ3n) is 3.81. The van der Waals surface area contributed by atoms with E-state index in [1.54, 1.807) is 0 Å². The molecule has 0 fully saturated rings. The maximum absolute atomic E-state index is 13.5. The van der Waals surface area contributed by atoms with E-state index in [1.165, 1.54) is 49.6 Å². The molecule has 1 heterocycles. The SMILES string of the molecule is COc1ccc(-c2c(-c3ccc(S(=O)[O-])cc3)n[nH]c2C(F)(F)F)cc1Cl.[Na+]. The van der Waals surface area contributed by atoms with E-state index < -0.39 is 23.0 Å². The van der Waals surface area contributed by atoms with Crippen LogP contribution in [0.5, 0.6) is 5.75 Å². The van der Waals surface area contributed by atoms with Crippen molar-refractivity contribution in [3.8, 4) is 28.1 Å². The largest absolute Gasteiger partial charge is 1.00 e. The average molecular weight is 439 g/mol. The number of benzene rings is 2. The van der Waals surface area contributed by atoms with Crippen LogP contribution < -0.4 is 34.3 Å². The van der Waals surface area contributed by atoms with Gasteiger partial charge in [0.15, 0.2) is 0 Å². The van der Waals surface area contributed by atoms with Crippen LogP contribution in [-0.2, 0) is 17.3 Å². The van der Waals surface area contributed by atoms with Crippen LogP contribution >= 0.6 is 11.6 Å². The molecule has 0 bridgehead atoms. The Morgan fingerprint density at radius 3 is 2.25 bits per heavy atom. The van der Waals surface area contributed by atoms with Crippen LogP contribution in [0, 0.1) is 0 Å². The second-order valence-electron chi connectivity index (χ2n) is 5.43. The molecular weight excluding hydrogens is 428 g/mol. The molecular formula is C17H11ClF3N2NaO3S. The topological polar surface area (TPSA) is 78.0 Å². The van der Waals surface area contributed by atoms with Gasteiger partial charge in [-0.15, -0.1) is 0 Å². The van der Waals surface area contributed by atoms with E-state index in [4.69, 9.17) is 16.3 Å². The van der Waals surface area contributed by atoms with Crippen LogP contribution in [0.4, 0.5) is 13.2 Å². The summed E-state index contributed by atoms with van der Waals surface area (Å²) in [5.74, 6) is 0.321. The third kappa shape index (κ3) is 4.61. The van der Waals surface area contributed by atoms with Crippen molar-refractivity contribution >= 4 is 22.7 Å². The van der Waals surface area contributed by atoms with E-state index in [2.05, 4.69) is 5.10 Å². The van der Waals surface area contributed by atoms with E-state index in [1.807, 2.05) is 5.10 Å². The first-order chi connectivity index (χ1) is 12.7. The number of aromatic amines is 1. The van der Waals surface area contributed by atoms with Gasteiger partial charge in [-0.05, 0) is 40.9 Å². The molecule has 1 N–H and O–H groups in total. The molecule has 0 aliphatic carbocycles. The fourth-order valence-corrected chi connectivity index (χ4v) is 3.20. The molecule has 142 valence electrons. The summed E-state index contributed by atoms with van der Waals surface area (Å²) in [6.45, 7) is 0. The number of methoxy groups -OCH3 is 1. The number of nitrogens with zero attached hydrogens (tertiary/aromatic N) is 1. The van der Waals surface area contributed by atoms with Gasteiger partial charge in [0.25, 0.3) is 0 Å². The minimum absolute atomic E-state index is 0. The zero-order chi connectivity index (χ0) is 19.8. The minimum Gasteiger partial charge on any atom is -0.768 e. The number of aromatic nitrogens is 2. The molecule has 0 aliphatic heterocycles. The van der Waals surface area contributed by atoms with Gasteiger partial charge in [-0.25, -0.2) is 0 Å². The first-order valence-corrected chi connectivity index (χ1v) is 8.87. The van der Waals surface area contributed by atoms with Crippen molar-refractivity contribution in [2.75, 3.05) is 7.11 Å². The first-order valence-electron chi connectivity index (χ1n) is 7.41. The number of H-pyrrole nitrogens is 1. The molecule has 0 aliphatic rings. The van der Waals surface area contributed by atoms with E-state index in [0.717, 1.165) is 0 Å². The van der Waals surface area contributed by atoms with Crippen molar-refractivity contribution < 1.29 is 56.2 Å². The molecule has 1 unspecified atom stereocenters. The Bertz CT molecular complexity index is 1010. The zero-order valence-electron chi connectivity index (χ0n) is 14.6. The van der Waals surface area contributed by atoms with Gasteiger partial charge in [-0.3, -0.25) is 9.31 Å². The molecule has 0 amide bonds. The fraction of sp³-hybridized carbons (Fsp3) is 0.118. The molecule has 0 spiro atoms. The number of ether oxygens (including phenoxy) is 1. The summed E-state index contributed by atoms with van der Waals surface area (Å²) in [5.41, 5.74) is -0.698. The Kier molecular flexibility index (Phi) is 7.35. The van der Waals surface area contributed by atoms with Crippen molar-refractivity contribution in [2.45, 2.75) is 11.1 Å². The standard InChI is InChI=1S/C17H12ClF3N2O3S.Na/c1-26-13-7-4-10(8-12(13)18)14-15(22-23-16(14)17(19,20)21)9-2-5-11(6-3-9)27(24)25;/h2-8H,1H3,(H,22,23)(H,24,25);/q;+1/p-1. The van der Waals surface area contributed by atoms with Crippen LogP contribution in [-0.4, -0.2) is 26.1 Å². The first kappa shape index (κ1) is 22.9. The molecule has 28 heavy (non-hydrogen) atoms. The summed E-state index contributed by atoms with van der Waals surface area (Å²) in [7, 11) is 1.40. The van der Waals surface area contributed by atoms with Crippen molar-refractivity contribution in [3.63, 3.8) is 0 Å². The molecule has 5 nitrogen and oxygen atoms in total. The van der Waals surface area contributed by atoms with E-state index >= 15 is 0 Å². The summed E-state index contributed by atoms with van der Waals surface area (Å²) in [4.78, 5) is 0.0133. The Hall–Kier alpha value is -1.36. The second kappa shape index (κ2) is 8.98. The van der Waals surface area contributed by atoms with Gasteiger partial charge in [-0.1, -0.05) is 29.8 Å². The number of halogens is 4. The number of rotatable bonds is 4. The van der Waals surface area contributed by atoms with Gasteiger partial charge in [0.1, 0.15) is 17.1 Å². The molecule has 1 aromatic heterocycles. The number of hydrogen-bond acceptors (Lipinski definition) is 4. The Morgan fingerprint density at radius 2 is 1.75 bits per heavy atom. The van der Waals surface area contributed by atoms with Crippen LogP contribution in [0.15, 0.2) is 47.4 Å². The second-order valence-corrected chi connectivity index (χ2v) is 6.78. The van der Waals surface area contributed by atoms with E-state index in [-0.39, 0.29) is 56.3 Å². The molecule has 0 saturated carbocycles. The Morgan fingerprint density at radius 1 is 1.14 bits per heavy atom. The van der Waals surface area contributed by atoms with Crippen LogP contribution in [0.3, 0.4) is 0 Å². The fourth-order valence-electron chi connectivity index (χ4n) is 2.58. The third-order valence-corrected chi connectivity index (χ3v) is 4.76. The normalized spacial score (nSPS) is 12.4. The van der Waals surface area contributed by atoms with Gasteiger partial charge in [0.2, 0.25) is 0 Å². The van der Waals surface area contributed by atoms with Crippen LogP contribution in [0.1, 0.15) is 5.69 Å². The molecule has 0 saturated heterocycles. The van der Waals surface area contributed by atoms with E-state index in [9.17, 15) is 21.9 Å². The maximum atomic E-state index is 13.5. The van der Waals surface area contributed by atoms with Gasteiger partial charge in [0.05, 0.1) is 12.1 Å². The predicted molar refractivity (Wildman–Crippen MR) is 93.2 cm³/mol. The van der Waals surface area contributed by atoms with Crippen molar-refractivity contribution in [3.05, 3.63) is 53.2 Å². The number of hydrogen-bond donors (Lipinski definition) is 1. The Balaban J connectivity index is 0.00000280. The molecule has 11 heteroatoms. The summed E-state index contributed by atoms with van der Waals surface area (Å²) < 4.78 is 67.4. The monoisotopic (exact) mass is 438 g/mol. The maximum Gasteiger partial charge on any atom is 1.00 e. The number of alkyl halides is 3.